The molecule has 1 N–H and O–H groups in total. The molecule has 0 aliphatic heterocycles. The van der Waals surface area contributed by atoms with Crippen molar-refractivity contribution in [3.8, 4) is 5.69 Å². The number of nitrogens with zero attached hydrogens (tertiary/aromatic N) is 2. The van der Waals surface area contributed by atoms with Gasteiger partial charge in [0.2, 0.25) is 0 Å². The monoisotopic (exact) mass is 455 g/mol. The molecule has 0 fully saturated rings. The molecule has 1 aromatic heterocycles. The minimum atomic E-state index is -1.14. The van der Waals surface area contributed by atoms with E-state index in [-0.39, 0.29) is 17.0 Å². The van der Waals surface area contributed by atoms with Crippen LogP contribution in [0.3, 0.4) is 0 Å². The molecule has 4 aromatic rings. The first-order chi connectivity index (χ1) is 16.3. The van der Waals surface area contributed by atoms with E-state index in [1.54, 1.807) is 78.9 Å². The van der Waals surface area contributed by atoms with Gasteiger partial charge in [0, 0.05) is 16.6 Å². The van der Waals surface area contributed by atoms with E-state index in [1.807, 2.05) is 0 Å². The Morgan fingerprint density at radius 2 is 1.50 bits per heavy atom. The molecule has 0 saturated carbocycles. The quantitative estimate of drug-likeness (QED) is 0.350. The Kier molecular flexibility index (Phi) is 6.31. The number of carbonyl (C=O) groups is 3. The first kappa shape index (κ1) is 22.6. The van der Waals surface area contributed by atoms with Gasteiger partial charge in [0.1, 0.15) is 0 Å². The molecule has 0 bridgehead atoms. The van der Waals surface area contributed by atoms with Gasteiger partial charge in [-0.05, 0) is 56.3 Å². The smallest absolute Gasteiger partial charge is 0.360 e. The van der Waals surface area contributed by atoms with Crippen LogP contribution in [0.1, 0.15) is 34.7 Å². The molecule has 4 rings (SSSR count). The number of ether oxygens (including phenoxy) is 1. The van der Waals surface area contributed by atoms with E-state index in [1.165, 1.54) is 13.8 Å². The number of hydrogen-bond acceptors (Lipinski definition) is 6. The Hall–Kier alpha value is -4.59. The number of nitrogens with one attached hydrogen (secondary N) is 1. The van der Waals surface area contributed by atoms with E-state index in [9.17, 15) is 19.2 Å². The lowest BCUT2D eigenvalue weighted by molar-refractivity contribution is -0.123. The molecule has 8 nitrogen and oxygen atoms in total. The van der Waals surface area contributed by atoms with Crippen molar-refractivity contribution < 1.29 is 19.1 Å². The highest BCUT2D eigenvalue weighted by molar-refractivity contribution is 6.04. The fourth-order valence-electron chi connectivity index (χ4n) is 3.39. The second-order valence-corrected chi connectivity index (χ2v) is 7.62. The molecule has 1 atom stereocenters. The van der Waals surface area contributed by atoms with Gasteiger partial charge in [-0.25, -0.2) is 4.79 Å². The summed E-state index contributed by atoms with van der Waals surface area (Å²) in [5.74, 6) is -1.48. The molecule has 1 heterocycles. The largest absolute Gasteiger partial charge is 0.448 e. The summed E-state index contributed by atoms with van der Waals surface area (Å²) in [5.41, 5.74) is 1.01. The Labute approximate surface area is 194 Å². The lowest BCUT2D eigenvalue weighted by Gasteiger charge is -2.15. The van der Waals surface area contributed by atoms with Crippen LogP contribution in [0.15, 0.2) is 83.7 Å². The maximum absolute atomic E-state index is 13.0. The van der Waals surface area contributed by atoms with E-state index in [4.69, 9.17) is 4.74 Å². The molecule has 8 heteroatoms. The number of fused-ring (bicyclic) bond motifs is 1. The third-order valence-corrected chi connectivity index (χ3v) is 5.21. The molecular weight excluding hydrogens is 434 g/mol. The number of para-hydroxylation sites is 1. The first-order valence-electron chi connectivity index (χ1n) is 10.6. The first-order valence-corrected chi connectivity index (χ1v) is 10.6. The zero-order valence-corrected chi connectivity index (χ0v) is 18.5. The van der Waals surface area contributed by atoms with E-state index in [0.717, 1.165) is 4.68 Å². The van der Waals surface area contributed by atoms with Crippen molar-refractivity contribution >= 4 is 34.1 Å². The van der Waals surface area contributed by atoms with Gasteiger partial charge in [0.05, 0.1) is 11.1 Å². The van der Waals surface area contributed by atoms with Crippen molar-refractivity contribution in [3.63, 3.8) is 0 Å². The molecule has 0 unspecified atom stereocenters. The summed E-state index contributed by atoms with van der Waals surface area (Å²) in [5, 5.41) is 7.54. The van der Waals surface area contributed by atoms with Crippen LogP contribution in [0.4, 0.5) is 5.69 Å². The predicted octanol–water partition coefficient (Wildman–Crippen LogP) is 3.77. The maximum atomic E-state index is 13.0. The summed E-state index contributed by atoms with van der Waals surface area (Å²) >= 11 is 0. The van der Waals surface area contributed by atoms with Crippen molar-refractivity contribution in [2.45, 2.75) is 20.0 Å². The summed E-state index contributed by atoms with van der Waals surface area (Å²) in [6.07, 6.45) is -1.14. The van der Waals surface area contributed by atoms with Crippen LogP contribution in [0.5, 0.6) is 0 Å². The van der Waals surface area contributed by atoms with Gasteiger partial charge in [-0.2, -0.15) is 9.78 Å². The number of amides is 1. The summed E-state index contributed by atoms with van der Waals surface area (Å²) in [6.45, 7) is 2.89. The van der Waals surface area contributed by atoms with Crippen LogP contribution in [0, 0.1) is 0 Å². The molecule has 0 saturated heterocycles. The number of Topliss-reactive ketones (excluding diaryl/α,β-unsaturated/α-hetero) is 1. The number of carbonyl (C=O) groups excluding carboxylic acids is 3. The maximum Gasteiger partial charge on any atom is 0.360 e. The highest BCUT2D eigenvalue weighted by atomic mass is 16.5. The van der Waals surface area contributed by atoms with Crippen molar-refractivity contribution in [2.75, 3.05) is 5.32 Å². The summed E-state index contributed by atoms with van der Waals surface area (Å²) in [4.78, 5) is 50.0. The molecule has 1 amide bonds. The number of esters is 1. The molecule has 0 radical (unpaired) electrons. The number of rotatable bonds is 6. The number of anilines is 1. The van der Waals surface area contributed by atoms with Gasteiger partial charge in [-0.15, -0.1) is 0 Å². The van der Waals surface area contributed by atoms with Gasteiger partial charge in [-0.3, -0.25) is 14.4 Å². The zero-order valence-electron chi connectivity index (χ0n) is 18.5. The normalized spacial score (nSPS) is 11.6. The third kappa shape index (κ3) is 4.61. The van der Waals surface area contributed by atoms with Crippen molar-refractivity contribution in [2.24, 2.45) is 0 Å². The Morgan fingerprint density at radius 3 is 2.15 bits per heavy atom. The number of aromatic nitrogens is 2. The van der Waals surface area contributed by atoms with Gasteiger partial charge in [0.15, 0.2) is 17.6 Å². The van der Waals surface area contributed by atoms with Gasteiger partial charge in [0.25, 0.3) is 11.5 Å². The highest BCUT2D eigenvalue weighted by Crippen LogP contribution is 2.17. The average Bonchev–Trinajstić information content (AvgIpc) is 2.85. The number of ketones is 1. The molecule has 170 valence electrons. The standard InChI is InChI=1S/C26H21N3O5/c1-16(30)18-12-14-19(15-13-18)27-24(31)17(2)34-26(33)23-21-10-6-7-11-22(21)25(32)29(28-23)20-8-4-3-5-9-20/h3-15,17H,1-2H3,(H,27,31)/t17-/m1/s1. The zero-order chi connectivity index (χ0) is 24.2. The summed E-state index contributed by atoms with van der Waals surface area (Å²) < 4.78 is 6.53. The van der Waals surface area contributed by atoms with Crippen LogP contribution in [0.2, 0.25) is 0 Å². The lowest BCUT2D eigenvalue weighted by Crippen LogP contribution is -2.31. The SMILES string of the molecule is CC(=O)c1ccc(NC(=O)[C@@H](C)OC(=O)c2nn(-c3ccccc3)c(=O)c3ccccc23)cc1. The molecule has 3 aromatic carbocycles. The fraction of sp³-hybridized carbons (Fsp3) is 0.115. The van der Waals surface area contributed by atoms with Crippen molar-refractivity contribution in [3.05, 3.63) is 100 Å². The minimum absolute atomic E-state index is 0.0792. The number of hydrogen-bond donors (Lipinski definition) is 1. The van der Waals surface area contributed by atoms with Crippen LogP contribution in [-0.2, 0) is 9.53 Å². The average molecular weight is 455 g/mol. The van der Waals surface area contributed by atoms with Gasteiger partial charge in [-0.1, -0.05) is 36.4 Å². The Morgan fingerprint density at radius 1 is 0.882 bits per heavy atom. The van der Waals surface area contributed by atoms with Crippen LogP contribution >= 0.6 is 0 Å². The molecule has 0 aliphatic rings. The topological polar surface area (TPSA) is 107 Å². The lowest BCUT2D eigenvalue weighted by atomic mass is 10.1. The van der Waals surface area contributed by atoms with Gasteiger partial charge >= 0.3 is 5.97 Å². The van der Waals surface area contributed by atoms with E-state index in [0.29, 0.717) is 27.7 Å². The minimum Gasteiger partial charge on any atom is -0.448 e. The molecule has 34 heavy (non-hydrogen) atoms. The Bertz CT molecular complexity index is 1440. The van der Waals surface area contributed by atoms with E-state index < -0.39 is 18.0 Å². The third-order valence-electron chi connectivity index (χ3n) is 5.21. The summed E-state index contributed by atoms with van der Waals surface area (Å²) in [6, 6.07) is 21.7. The van der Waals surface area contributed by atoms with Crippen LogP contribution in [0.25, 0.3) is 16.5 Å². The fourth-order valence-corrected chi connectivity index (χ4v) is 3.39. The van der Waals surface area contributed by atoms with Crippen molar-refractivity contribution in [1.82, 2.24) is 9.78 Å². The van der Waals surface area contributed by atoms with E-state index in [2.05, 4.69) is 10.4 Å². The molecular formula is C26H21N3O5. The van der Waals surface area contributed by atoms with E-state index >= 15 is 0 Å². The summed E-state index contributed by atoms with van der Waals surface area (Å²) in [7, 11) is 0. The predicted molar refractivity (Wildman–Crippen MR) is 127 cm³/mol. The number of benzene rings is 3. The van der Waals surface area contributed by atoms with Crippen molar-refractivity contribution in [1.29, 1.82) is 0 Å². The van der Waals surface area contributed by atoms with Gasteiger partial charge < -0.3 is 10.1 Å². The van der Waals surface area contributed by atoms with Crippen LogP contribution < -0.4 is 10.9 Å². The molecule has 0 aliphatic carbocycles. The second kappa shape index (κ2) is 9.50. The Balaban J connectivity index is 1.60. The highest BCUT2D eigenvalue weighted by Gasteiger charge is 2.24. The molecule has 0 spiro atoms. The second-order valence-electron chi connectivity index (χ2n) is 7.62. The van der Waals surface area contributed by atoms with Crippen LogP contribution in [-0.4, -0.2) is 33.5 Å².